The van der Waals surface area contributed by atoms with Gasteiger partial charge in [-0.05, 0) is 56.3 Å². The zero-order valence-electron chi connectivity index (χ0n) is 14.4. The van der Waals surface area contributed by atoms with Crippen molar-refractivity contribution in [2.45, 2.75) is 45.7 Å². The Labute approximate surface area is 139 Å². The number of piperidine rings is 1. The maximum atomic E-state index is 12.4. The molecule has 2 aliphatic rings. The van der Waals surface area contributed by atoms with Crippen molar-refractivity contribution in [3.63, 3.8) is 0 Å². The van der Waals surface area contributed by atoms with Crippen LogP contribution in [0.3, 0.4) is 0 Å². The molecule has 126 valence electrons. The van der Waals surface area contributed by atoms with E-state index in [0.717, 1.165) is 45.1 Å². The fraction of sp³-hybridized carbons (Fsp3) is 0.632. The number of hydrogen-bond acceptors (Lipinski definition) is 2. The number of amides is 2. The fourth-order valence-corrected chi connectivity index (χ4v) is 3.61. The lowest BCUT2D eigenvalue weighted by Gasteiger charge is -2.35. The molecule has 0 radical (unpaired) electrons. The van der Waals surface area contributed by atoms with Gasteiger partial charge in [-0.3, -0.25) is 4.90 Å². The van der Waals surface area contributed by atoms with Crippen LogP contribution in [0.25, 0.3) is 0 Å². The number of hydrogen-bond donors (Lipinski definition) is 1. The number of urea groups is 1. The average molecular weight is 315 g/mol. The van der Waals surface area contributed by atoms with E-state index in [-0.39, 0.29) is 6.03 Å². The van der Waals surface area contributed by atoms with Gasteiger partial charge in [-0.1, -0.05) is 31.2 Å². The number of fused-ring (bicyclic) bond motifs is 1. The molecule has 1 N–H and O–H groups in total. The van der Waals surface area contributed by atoms with Crippen molar-refractivity contribution in [1.82, 2.24) is 15.1 Å². The molecule has 4 heteroatoms. The molecule has 0 aliphatic carbocycles. The lowest BCUT2D eigenvalue weighted by molar-refractivity contribution is 0.141. The van der Waals surface area contributed by atoms with Crippen molar-refractivity contribution in [3.05, 3.63) is 35.4 Å². The predicted octanol–water partition coefficient (Wildman–Crippen LogP) is 2.87. The molecule has 23 heavy (non-hydrogen) atoms. The van der Waals surface area contributed by atoms with Crippen LogP contribution in [0, 0.1) is 5.92 Å². The van der Waals surface area contributed by atoms with Gasteiger partial charge in [-0.25, -0.2) is 4.79 Å². The van der Waals surface area contributed by atoms with Crippen molar-refractivity contribution >= 4 is 6.03 Å². The van der Waals surface area contributed by atoms with E-state index in [0.29, 0.717) is 6.04 Å². The molecule has 3 rings (SSSR count). The van der Waals surface area contributed by atoms with Crippen molar-refractivity contribution in [1.29, 1.82) is 0 Å². The molecule has 0 aromatic heterocycles. The van der Waals surface area contributed by atoms with Gasteiger partial charge in [0, 0.05) is 25.7 Å². The molecular weight excluding hydrogens is 286 g/mol. The highest BCUT2D eigenvalue weighted by Crippen LogP contribution is 2.19. The van der Waals surface area contributed by atoms with E-state index in [2.05, 4.69) is 48.3 Å². The molecule has 1 atom stereocenters. The average Bonchev–Trinajstić information content (AvgIpc) is 2.59. The summed E-state index contributed by atoms with van der Waals surface area (Å²) in [5.74, 6) is 0.849. The minimum absolute atomic E-state index is 0.0803. The second kappa shape index (κ2) is 7.35. The van der Waals surface area contributed by atoms with Gasteiger partial charge < -0.3 is 10.2 Å². The van der Waals surface area contributed by atoms with Crippen LogP contribution < -0.4 is 5.32 Å². The molecule has 1 aromatic rings. The highest BCUT2D eigenvalue weighted by molar-refractivity contribution is 5.74. The molecule has 1 unspecified atom stereocenters. The van der Waals surface area contributed by atoms with Crippen LogP contribution in [0.5, 0.6) is 0 Å². The number of carbonyl (C=O) groups excluding carboxylic acids is 1. The number of likely N-dealkylation sites (tertiary alicyclic amines) is 1. The van der Waals surface area contributed by atoms with Crippen LogP contribution >= 0.6 is 0 Å². The van der Waals surface area contributed by atoms with Gasteiger partial charge in [0.1, 0.15) is 0 Å². The first-order valence-electron chi connectivity index (χ1n) is 8.97. The lowest BCUT2D eigenvalue weighted by Crippen LogP contribution is -2.49. The van der Waals surface area contributed by atoms with Crippen LogP contribution in [0.15, 0.2) is 24.3 Å². The van der Waals surface area contributed by atoms with E-state index in [4.69, 9.17) is 0 Å². The summed E-state index contributed by atoms with van der Waals surface area (Å²) in [6.45, 7) is 9.17. The molecule has 2 aliphatic heterocycles. The van der Waals surface area contributed by atoms with Gasteiger partial charge in [0.25, 0.3) is 0 Å². The number of benzene rings is 1. The van der Waals surface area contributed by atoms with Crippen molar-refractivity contribution in [2.24, 2.45) is 5.92 Å². The second-order valence-corrected chi connectivity index (χ2v) is 7.19. The predicted molar refractivity (Wildman–Crippen MR) is 93.4 cm³/mol. The Morgan fingerprint density at radius 1 is 1.22 bits per heavy atom. The molecule has 0 saturated carbocycles. The van der Waals surface area contributed by atoms with Crippen molar-refractivity contribution < 1.29 is 4.79 Å². The zero-order chi connectivity index (χ0) is 16.2. The summed E-state index contributed by atoms with van der Waals surface area (Å²) in [4.78, 5) is 16.9. The van der Waals surface area contributed by atoms with Gasteiger partial charge in [0.15, 0.2) is 0 Å². The number of nitrogens with zero attached hydrogens (tertiary/aromatic N) is 2. The molecule has 0 bridgehead atoms. The summed E-state index contributed by atoms with van der Waals surface area (Å²) in [7, 11) is 0. The molecule has 4 nitrogen and oxygen atoms in total. The molecule has 2 amide bonds. The first-order valence-corrected chi connectivity index (χ1v) is 8.97. The molecule has 1 aromatic carbocycles. The van der Waals surface area contributed by atoms with Gasteiger partial charge in [-0.2, -0.15) is 0 Å². The Balaban J connectivity index is 1.46. The van der Waals surface area contributed by atoms with Crippen LogP contribution in [0.2, 0.25) is 0 Å². The highest BCUT2D eigenvalue weighted by atomic mass is 16.2. The molecule has 1 fully saturated rings. The van der Waals surface area contributed by atoms with Crippen LogP contribution in [-0.4, -0.2) is 48.1 Å². The van der Waals surface area contributed by atoms with Gasteiger partial charge >= 0.3 is 6.03 Å². The van der Waals surface area contributed by atoms with Gasteiger partial charge in [0.05, 0.1) is 0 Å². The third-order valence-electron chi connectivity index (χ3n) is 5.41. The van der Waals surface area contributed by atoms with Gasteiger partial charge in [0.2, 0.25) is 0 Å². The van der Waals surface area contributed by atoms with E-state index >= 15 is 0 Å². The van der Waals surface area contributed by atoms with Crippen LogP contribution in [-0.2, 0) is 13.0 Å². The van der Waals surface area contributed by atoms with Crippen molar-refractivity contribution in [3.8, 4) is 0 Å². The Kier molecular flexibility index (Phi) is 5.21. The third kappa shape index (κ3) is 4.05. The zero-order valence-corrected chi connectivity index (χ0v) is 14.4. The van der Waals surface area contributed by atoms with Crippen LogP contribution in [0.4, 0.5) is 4.79 Å². The Morgan fingerprint density at radius 2 is 1.91 bits per heavy atom. The minimum atomic E-state index is 0.0803. The van der Waals surface area contributed by atoms with E-state index < -0.39 is 0 Å². The van der Waals surface area contributed by atoms with Gasteiger partial charge in [-0.15, -0.1) is 0 Å². The summed E-state index contributed by atoms with van der Waals surface area (Å²) >= 11 is 0. The Hall–Kier alpha value is -1.55. The summed E-state index contributed by atoms with van der Waals surface area (Å²) in [5.41, 5.74) is 2.67. The quantitative estimate of drug-likeness (QED) is 0.931. The van der Waals surface area contributed by atoms with E-state index in [1.807, 2.05) is 4.90 Å². The second-order valence-electron chi connectivity index (χ2n) is 7.19. The summed E-state index contributed by atoms with van der Waals surface area (Å²) < 4.78 is 0. The van der Waals surface area contributed by atoms with E-state index in [9.17, 15) is 4.79 Å². The molecule has 0 spiro atoms. The summed E-state index contributed by atoms with van der Waals surface area (Å²) in [6.07, 6.45) is 3.52. The number of rotatable bonds is 3. The first kappa shape index (κ1) is 16.3. The van der Waals surface area contributed by atoms with E-state index in [1.165, 1.54) is 24.0 Å². The third-order valence-corrected chi connectivity index (χ3v) is 5.41. The maximum absolute atomic E-state index is 12.4. The normalized spacial score (nSPS) is 20.9. The SMILES string of the molecule is CC1CCN(C(C)CNC(=O)N2CCc3ccccc3C2)CC1. The summed E-state index contributed by atoms with van der Waals surface area (Å²) in [5, 5.41) is 3.14. The molecular formula is C19H29N3O. The Morgan fingerprint density at radius 3 is 2.65 bits per heavy atom. The smallest absolute Gasteiger partial charge is 0.317 e. The van der Waals surface area contributed by atoms with E-state index in [1.54, 1.807) is 0 Å². The highest BCUT2D eigenvalue weighted by Gasteiger charge is 2.23. The molecule has 1 saturated heterocycles. The monoisotopic (exact) mass is 315 g/mol. The summed E-state index contributed by atoms with van der Waals surface area (Å²) in [6, 6.07) is 8.94. The first-order chi connectivity index (χ1) is 11.1. The lowest BCUT2D eigenvalue weighted by atomic mass is 9.98. The van der Waals surface area contributed by atoms with Crippen molar-refractivity contribution in [2.75, 3.05) is 26.2 Å². The maximum Gasteiger partial charge on any atom is 0.317 e. The minimum Gasteiger partial charge on any atom is -0.336 e. The number of carbonyl (C=O) groups is 1. The molecule has 2 heterocycles. The standard InChI is InChI=1S/C19H29N3O/c1-15-7-10-21(11-8-15)16(2)13-20-19(23)22-12-9-17-5-3-4-6-18(17)14-22/h3-6,15-16H,7-14H2,1-2H3,(H,20,23). The number of nitrogens with one attached hydrogen (secondary N) is 1. The largest absolute Gasteiger partial charge is 0.336 e. The topological polar surface area (TPSA) is 35.6 Å². The Bertz CT molecular complexity index is 537. The van der Waals surface area contributed by atoms with Crippen LogP contribution in [0.1, 0.15) is 37.8 Å². The fourth-order valence-electron chi connectivity index (χ4n) is 3.61.